The summed E-state index contributed by atoms with van der Waals surface area (Å²) in [5, 5.41) is 0. The van der Waals surface area contributed by atoms with E-state index in [1.807, 2.05) is 20.8 Å². The number of carbonyl (C=O) groups is 1. The van der Waals surface area contributed by atoms with Crippen molar-refractivity contribution in [1.29, 1.82) is 0 Å². The molecule has 0 spiro atoms. The highest BCUT2D eigenvalue weighted by molar-refractivity contribution is 5.69. The number of halogens is 1. The first-order valence-electron chi connectivity index (χ1n) is 7.43. The molecule has 22 heavy (non-hydrogen) atoms. The molecule has 1 aromatic carbocycles. The van der Waals surface area contributed by atoms with Crippen molar-refractivity contribution in [3.63, 3.8) is 0 Å². The fourth-order valence-electron chi connectivity index (χ4n) is 2.43. The minimum absolute atomic E-state index is 0.0701. The standard InChI is InChI=1S/C16H23FN2O3/c1-16(2,3)22-15(20)19-6-4-5-13(19)10-21-14-8-11(17)7-12(18)9-14/h7-9,13H,4-6,10,18H2,1-3H3. The lowest BCUT2D eigenvalue weighted by molar-refractivity contribution is 0.0187. The Morgan fingerprint density at radius 1 is 1.41 bits per heavy atom. The number of benzene rings is 1. The summed E-state index contributed by atoms with van der Waals surface area (Å²) in [5.41, 5.74) is 5.37. The topological polar surface area (TPSA) is 64.8 Å². The van der Waals surface area contributed by atoms with Gasteiger partial charge in [-0.25, -0.2) is 9.18 Å². The van der Waals surface area contributed by atoms with Crippen molar-refractivity contribution in [2.45, 2.75) is 45.3 Å². The van der Waals surface area contributed by atoms with E-state index in [1.165, 1.54) is 12.1 Å². The second-order valence-corrected chi connectivity index (χ2v) is 6.50. The molecule has 0 saturated carbocycles. The maximum atomic E-state index is 13.3. The molecule has 5 nitrogen and oxygen atoms in total. The molecule has 0 bridgehead atoms. The lowest BCUT2D eigenvalue weighted by Crippen LogP contribution is -2.42. The second kappa shape index (κ2) is 6.42. The average Bonchev–Trinajstić information content (AvgIpc) is 2.81. The van der Waals surface area contributed by atoms with Crippen LogP contribution >= 0.6 is 0 Å². The first-order chi connectivity index (χ1) is 10.2. The highest BCUT2D eigenvalue weighted by Gasteiger charge is 2.32. The van der Waals surface area contributed by atoms with Crippen molar-refractivity contribution in [1.82, 2.24) is 4.90 Å². The summed E-state index contributed by atoms with van der Waals surface area (Å²) in [6.07, 6.45) is 1.40. The Hall–Kier alpha value is -1.98. The number of anilines is 1. The van der Waals surface area contributed by atoms with Crippen LogP contribution in [-0.2, 0) is 4.74 Å². The fourth-order valence-corrected chi connectivity index (χ4v) is 2.43. The van der Waals surface area contributed by atoms with Gasteiger partial charge in [0, 0.05) is 24.4 Å². The van der Waals surface area contributed by atoms with Crippen molar-refractivity contribution < 1.29 is 18.7 Å². The van der Waals surface area contributed by atoms with E-state index in [2.05, 4.69) is 0 Å². The molecule has 0 aromatic heterocycles. The van der Waals surface area contributed by atoms with Crippen LogP contribution < -0.4 is 10.5 Å². The van der Waals surface area contributed by atoms with Crippen LogP contribution in [0.2, 0.25) is 0 Å². The van der Waals surface area contributed by atoms with Gasteiger partial charge in [-0.2, -0.15) is 0 Å². The van der Waals surface area contributed by atoms with Gasteiger partial charge in [0.25, 0.3) is 0 Å². The van der Waals surface area contributed by atoms with Gasteiger partial charge in [0.1, 0.15) is 23.8 Å². The third kappa shape index (κ3) is 4.51. The number of carbonyl (C=O) groups excluding carboxylic acids is 1. The van der Waals surface area contributed by atoms with E-state index in [-0.39, 0.29) is 12.1 Å². The SMILES string of the molecule is CC(C)(C)OC(=O)N1CCCC1COc1cc(N)cc(F)c1. The normalized spacial score (nSPS) is 18.4. The zero-order valence-corrected chi connectivity index (χ0v) is 13.3. The van der Waals surface area contributed by atoms with E-state index in [0.29, 0.717) is 24.6 Å². The Morgan fingerprint density at radius 3 is 2.77 bits per heavy atom. The molecule has 1 aliphatic rings. The van der Waals surface area contributed by atoms with E-state index >= 15 is 0 Å². The molecule has 1 unspecified atom stereocenters. The number of rotatable bonds is 3. The third-order valence-corrected chi connectivity index (χ3v) is 3.34. The summed E-state index contributed by atoms with van der Waals surface area (Å²) >= 11 is 0. The average molecular weight is 310 g/mol. The van der Waals surface area contributed by atoms with Gasteiger partial charge in [-0.05, 0) is 39.7 Å². The summed E-state index contributed by atoms with van der Waals surface area (Å²) in [4.78, 5) is 13.8. The molecule has 1 aliphatic heterocycles. The quantitative estimate of drug-likeness (QED) is 0.871. The van der Waals surface area contributed by atoms with E-state index in [9.17, 15) is 9.18 Å². The van der Waals surface area contributed by atoms with Gasteiger partial charge in [-0.3, -0.25) is 0 Å². The predicted molar refractivity (Wildman–Crippen MR) is 82.3 cm³/mol. The summed E-state index contributed by atoms with van der Waals surface area (Å²) in [6.45, 7) is 6.45. The smallest absolute Gasteiger partial charge is 0.410 e. The molecule has 1 atom stereocenters. The lowest BCUT2D eigenvalue weighted by Gasteiger charge is -2.28. The largest absolute Gasteiger partial charge is 0.491 e. The molecule has 122 valence electrons. The van der Waals surface area contributed by atoms with Gasteiger partial charge < -0.3 is 20.1 Å². The molecule has 0 radical (unpaired) electrons. The minimum atomic E-state index is -0.526. The number of hydrogen-bond acceptors (Lipinski definition) is 4. The maximum absolute atomic E-state index is 13.3. The van der Waals surface area contributed by atoms with Gasteiger partial charge in [0.2, 0.25) is 0 Å². The van der Waals surface area contributed by atoms with Crippen molar-refractivity contribution in [2.75, 3.05) is 18.9 Å². The van der Waals surface area contributed by atoms with Gasteiger partial charge in [0.15, 0.2) is 0 Å². The number of likely N-dealkylation sites (tertiary alicyclic amines) is 1. The molecule has 2 rings (SSSR count). The highest BCUT2D eigenvalue weighted by atomic mass is 19.1. The van der Waals surface area contributed by atoms with Crippen LogP contribution in [0.3, 0.4) is 0 Å². The van der Waals surface area contributed by atoms with Crippen LogP contribution in [0.1, 0.15) is 33.6 Å². The molecule has 1 saturated heterocycles. The van der Waals surface area contributed by atoms with E-state index in [1.54, 1.807) is 11.0 Å². The molecule has 2 N–H and O–H groups in total. The van der Waals surface area contributed by atoms with Crippen LogP contribution in [0.4, 0.5) is 14.9 Å². The van der Waals surface area contributed by atoms with Crippen LogP contribution in [0.15, 0.2) is 18.2 Å². The van der Waals surface area contributed by atoms with Crippen molar-refractivity contribution >= 4 is 11.8 Å². The molecule has 1 amide bonds. The van der Waals surface area contributed by atoms with Gasteiger partial charge >= 0.3 is 6.09 Å². The molecule has 0 aliphatic carbocycles. The zero-order chi connectivity index (χ0) is 16.3. The Labute approximate surface area is 130 Å². The summed E-state index contributed by atoms with van der Waals surface area (Å²) in [7, 11) is 0. The molecule has 1 heterocycles. The lowest BCUT2D eigenvalue weighted by atomic mass is 10.2. The maximum Gasteiger partial charge on any atom is 0.410 e. The van der Waals surface area contributed by atoms with Crippen LogP contribution in [0.25, 0.3) is 0 Å². The number of hydrogen-bond donors (Lipinski definition) is 1. The van der Waals surface area contributed by atoms with E-state index in [4.69, 9.17) is 15.2 Å². The summed E-state index contributed by atoms with van der Waals surface area (Å²) < 4.78 is 24.3. The monoisotopic (exact) mass is 310 g/mol. The van der Waals surface area contributed by atoms with E-state index in [0.717, 1.165) is 12.8 Å². The second-order valence-electron chi connectivity index (χ2n) is 6.50. The zero-order valence-electron chi connectivity index (χ0n) is 13.3. The van der Waals surface area contributed by atoms with Gasteiger partial charge in [0.05, 0.1) is 6.04 Å². The highest BCUT2D eigenvalue weighted by Crippen LogP contribution is 2.23. The van der Waals surface area contributed by atoms with Crippen LogP contribution in [0.5, 0.6) is 5.75 Å². The van der Waals surface area contributed by atoms with Gasteiger partial charge in [-0.1, -0.05) is 0 Å². The number of nitrogens with two attached hydrogens (primary N) is 1. The molecule has 1 aromatic rings. The van der Waals surface area contributed by atoms with Gasteiger partial charge in [-0.15, -0.1) is 0 Å². The molecular weight excluding hydrogens is 287 g/mol. The Morgan fingerprint density at radius 2 is 2.14 bits per heavy atom. The molecular formula is C16H23FN2O3. The Balaban J connectivity index is 1.95. The summed E-state index contributed by atoms with van der Waals surface area (Å²) in [5.74, 6) is -0.0704. The molecule has 1 fully saturated rings. The Bertz CT molecular complexity index is 522. The third-order valence-electron chi connectivity index (χ3n) is 3.34. The van der Waals surface area contributed by atoms with Crippen molar-refractivity contribution in [2.24, 2.45) is 0 Å². The first kappa shape index (κ1) is 16.4. The fraction of sp³-hybridized carbons (Fsp3) is 0.562. The van der Waals surface area contributed by atoms with Crippen LogP contribution in [-0.4, -0.2) is 35.8 Å². The Kier molecular flexibility index (Phi) is 4.78. The molecule has 6 heteroatoms. The minimum Gasteiger partial charge on any atom is -0.491 e. The summed E-state index contributed by atoms with van der Waals surface area (Å²) in [6, 6.07) is 4.01. The van der Waals surface area contributed by atoms with Crippen molar-refractivity contribution in [3.05, 3.63) is 24.0 Å². The number of nitrogens with zero attached hydrogens (tertiary/aromatic N) is 1. The van der Waals surface area contributed by atoms with Crippen LogP contribution in [0, 0.1) is 5.82 Å². The number of amides is 1. The number of ether oxygens (including phenoxy) is 2. The van der Waals surface area contributed by atoms with Crippen molar-refractivity contribution in [3.8, 4) is 5.75 Å². The number of nitrogen functional groups attached to an aromatic ring is 1. The predicted octanol–water partition coefficient (Wildman–Crippen LogP) is 3.19. The van der Waals surface area contributed by atoms with E-state index < -0.39 is 11.4 Å². The first-order valence-corrected chi connectivity index (χ1v) is 7.43.